The van der Waals surface area contributed by atoms with Gasteiger partial charge in [-0.15, -0.1) is 0 Å². The van der Waals surface area contributed by atoms with Gasteiger partial charge in [-0.3, -0.25) is 0 Å². The van der Waals surface area contributed by atoms with E-state index in [2.05, 4.69) is 216 Å². The molecule has 5 nitrogen and oxygen atoms in total. The van der Waals surface area contributed by atoms with E-state index in [0.717, 1.165) is 105 Å². The Labute approximate surface area is 394 Å². The lowest BCUT2D eigenvalue weighted by Crippen LogP contribution is -2.59. The molecule has 2 aliphatic heterocycles. The lowest BCUT2D eigenvalue weighted by molar-refractivity contribution is 0.487. The average molecular weight is 865 g/mol. The van der Waals surface area contributed by atoms with Crippen LogP contribution in [-0.4, -0.2) is 11.3 Å². The third kappa shape index (κ3) is 6.17. The smallest absolute Gasteiger partial charge is 0.256 e. The van der Waals surface area contributed by atoms with Gasteiger partial charge >= 0.3 is 0 Å². The molecule has 0 amide bonds. The van der Waals surface area contributed by atoms with Gasteiger partial charge in [-0.1, -0.05) is 152 Å². The molecular weight excluding hydrogens is 828 g/mol. The summed E-state index contributed by atoms with van der Waals surface area (Å²) >= 11 is 0. The maximum absolute atomic E-state index is 10.5. The predicted octanol–water partition coefficient (Wildman–Crippen LogP) is 13.6. The molecule has 0 bridgehead atoms. The fraction of sp³-hybridized carbons (Fsp3) is 0. The van der Waals surface area contributed by atoms with E-state index < -0.39 is 0 Å². The molecule has 0 N–H and O–H groups in total. The van der Waals surface area contributed by atoms with Crippen LogP contribution in [0.4, 0.5) is 17.1 Å². The highest BCUT2D eigenvalue weighted by atomic mass is 16.5. The largest absolute Gasteiger partial charge is 0.458 e. The second-order valence-corrected chi connectivity index (χ2v) is 17.5. The van der Waals surface area contributed by atoms with Crippen molar-refractivity contribution in [1.82, 2.24) is 4.57 Å². The van der Waals surface area contributed by atoms with Gasteiger partial charge in [-0.25, -0.2) is 0 Å². The number of benzene rings is 10. The monoisotopic (exact) mass is 864 g/mol. The second-order valence-electron chi connectivity index (χ2n) is 17.5. The summed E-state index contributed by atoms with van der Waals surface area (Å²) in [5.74, 6) is 1.40. The molecule has 2 aliphatic rings. The number of para-hydroxylation sites is 1. The average Bonchev–Trinajstić information content (AvgIpc) is 3.74. The van der Waals surface area contributed by atoms with Gasteiger partial charge in [0.05, 0.1) is 45.7 Å². The molecule has 0 radical (unpaired) electrons. The molecule has 0 saturated heterocycles. The van der Waals surface area contributed by atoms with Gasteiger partial charge < -0.3 is 14.2 Å². The zero-order chi connectivity index (χ0) is 45.3. The molecular formula is C62H37BN4O. The number of nitriles is 2. The van der Waals surface area contributed by atoms with E-state index in [-0.39, 0.29) is 6.71 Å². The molecule has 314 valence electrons. The number of hydrogen-bond donors (Lipinski definition) is 0. The summed E-state index contributed by atoms with van der Waals surface area (Å²) in [5, 5.41) is 23.0. The van der Waals surface area contributed by atoms with Crippen LogP contribution >= 0.6 is 0 Å². The Bertz CT molecular complexity index is 3750. The summed E-state index contributed by atoms with van der Waals surface area (Å²) in [7, 11) is 0. The zero-order valence-corrected chi connectivity index (χ0v) is 36.6. The van der Waals surface area contributed by atoms with Crippen molar-refractivity contribution in [2.45, 2.75) is 0 Å². The van der Waals surface area contributed by atoms with Crippen LogP contribution in [0.3, 0.4) is 0 Å². The lowest BCUT2D eigenvalue weighted by atomic mass is 9.34. The maximum atomic E-state index is 10.5. The number of hydrogen-bond acceptors (Lipinski definition) is 4. The summed E-state index contributed by atoms with van der Waals surface area (Å²) in [4.78, 5) is 2.40. The molecule has 13 rings (SSSR count). The normalized spacial score (nSPS) is 12.1. The third-order valence-corrected chi connectivity index (χ3v) is 13.7. The van der Waals surface area contributed by atoms with Crippen LogP contribution in [0.15, 0.2) is 224 Å². The Kier molecular flexibility index (Phi) is 9.00. The Morgan fingerprint density at radius 3 is 1.46 bits per heavy atom. The van der Waals surface area contributed by atoms with Gasteiger partial charge in [-0.05, 0) is 116 Å². The minimum atomic E-state index is -0.338. The molecule has 10 aromatic carbocycles. The molecule has 0 aliphatic carbocycles. The van der Waals surface area contributed by atoms with Crippen molar-refractivity contribution in [1.29, 1.82) is 10.5 Å². The van der Waals surface area contributed by atoms with E-state index in [9.17, 15) is 10.5 Å². The Morgan fingerprint density at radius 2 is 0.912 bits per heavy atom. The standard InChI is InChI=1S/C62H37BN4O/c64-38-40-24-28-57-53(32-40)63-54-33-41(39-65)25-31-59(54)68-60-37-48(36-58(61(60)63)67(57)62-49(44-18-9-3-10-19-44)22-13-23-50(62)45-20-11-4-12-21-45)66-55-29-26-46(42-14-5-1-6-15-42)34-51(55)52-35-47(27-30-56(52)66)43-16-7-2-8-17-43/h1-37H. The molecule has 0 atom stereocenters. The number of ether oxygens (including phenoxy) is 1. The number of rotatable bonds is 6. The summed E-state index contributed by atoms with van der Waals surface area (Å²) in [5.41, 5.74) is 18.8. The van der Waals surface area contributed by atoms with Gasteiger partial charge in [-0.2, -0.15) is 10.5 Å². The number of nitrogens with zero attached hydrogens (tertiary/aromatic N) is 4. The topological polar surface area (TPSA) is 65.0 Å². The van der Waals surface area contributed by atoms with Crippen molar-refractivity contribution < 1.29 is 4.74 Å². The predicted molar refractivity (Wildman–Crippen MR) is 278 cm³/mol. The summed E-state index contributed by atoms with van der Waals surface area (Å²) in [6, 6.07) is 83.4. The van der Waals surface area contributed by atoms with Crippen molar-refractivity contribution in [2.75, 3.05) is 4.90 Å². The first-order valence-electron chi connectivity index (χ1n) is 22.8. The van der Waals surface area contributed by atoms with E-state index in [1.807, 2.05) is 30.3 Å². The van der Waals surface area contributed by atoms with Gasteiger partial charge in [0.1, 0.15) is 11.5 Å². The molecule has 0 fully saturated rings. The molecule has 68 heavy (non-hydrogen) atoms. The van der Waals surface area contributed by atoms with Crippen molar-refractivity contribution in [2.24, 2.45) is 0 Å². The Morgan fingerprint density at radius 1 is 0.397 bits per heavy atom. The number of aromatic nitrogens is 1. The Balaban J connectivity index is 1.15. The Hall–Kier alpha value is -9.36. The van der Waals surface area contributed by atoms with Crippen LogP contribution in [-0.2, 0) is 0 Å². The second kappa shape index (κ2) is 15.7. The van der Waals surface area contributed by atoms with Crippen molar-refractivity contribution in [3.63, 3.8) is 0 Å². The van der Waals surface area contributed by atoms with E-state index in [1.165, 1.54) is 0 Å². The highest BCUT2D eigenvalue weighted by Crippen LogP contribution is 2.50. The number of fused-ring (bicyclic) bond motifs is 7. The highest BCUT2D eigenvalue weighted by Gasteiger charge is 2.43. The van der Waals surface area contributed by atoms with Crippen LogP contribution < -0.4 is 26.0 Å². The molecule has 0 spiro atoms. The fourth-order valence-electron chi connectivity index (χ4n) is 10.7. The zero-order valence-electron chi connectivity index (χ0n) is 36.6. The molecule has 0 saturated carbocycles. The minimum Gasteiger partial charge on any atom is -0.458 e. The molecule has 6 heteroatoms. The molecule has 3 heterocycles. The van der Waals surface area contributed by atoms with E-state index in [4.69, 9.17) is 4.74 Å². The summed E-state index contributed by atoms with van der Waals surface area (Å²) in [6.07, 6.45) is 0. The van der Waals surface area contributed by atoms with Crippen LogP contribution in [0, 0.1) is 22.7 Å². The summed E-state index contributed by atoms with van der Waals surface area (Å²) < 4.78 is 9.49. The van der Waals surface area contributed by atoms with Crippen molar-refractivity contribution in [3.8, 4) is 73.8 Å². The fourth-order valence-corrected chi connectivity index (χ4v) is 10.7. The third-order valence-electron chi connectivity index (χ3n) is 13.7. The molecule has 11 aromatic rings. The first-order chi connectivity index (χ1) is 33.6. The van der Waals surface area contributed by atoms with Crippen LogP contribution in [0.25, 0.3) is 72.0 Å². The highest BCUT2D eigenvalue weighted by molar-refractivity contribution is 6.99. The SMILES string of the molecule is N#Cc1ccc2c(c1)B1c3cc(C#N)ccc3N(c3c(-c4ccccc4)cccc3-c3ccccc3)c3cc(-n4c5ccc(-c6ccccc6)cc5c5cc(-c6ccccc6)ccc54)cc(c31)O2. The number of anilines is 3. The van der Waals surface area contributed by atoms with Crippen LogP contribution in [0.1, 0.15) is 11.1 Å². The molecule has 1 aromatic heterocycles. The maximum Gasteiger partial charge on any atom is 0.256 e. The van der Waals surface area contributed by atoms with Crippen LogP contribution in [0.2, 0.25) is 0 Å². The van der Waals surface area contributed by atoms with Gasteiger partial charge in [0.15, 0.2) is 0 Å². The quantitative estimate of drug-likeness (QED) is 0.156. The summed E-state index contributed by atoms with van der Waals surface area (Å²) in [6.45, 7) is -0.338. The first kappa shape index (κ1) is 39.0. The van der Waals surface area contributed by atoms with E-state index >= 15 is 0 Å². The van der Waals surface area contributed by atoms with E-state index in [1.54, 1.807) is 0 Å². The van der Waals surface area contributed by atoms with Crippen molar-refractivity contribution >= 4 is 62.0 Å². The van der Waals surface area contributed by atoms with Crippen LogP contribution in [0.5, 0.6) is 11.5 Å². The first-order valence-corrected chi connectivity index (χ1v) is 22.8. The lowest BCUT2D eigenvalue weighted by Gasteiger charge is -2.41. The van der Waals surface area contributed by atoms with Gasteiger partial charge in [0, 0.05) is 39.3 Å². The molecule has 0 unspecified atom stereocenters. The van der Waals surface area contributed by atoms with Gasteiger partial charge in [0.25, 0.3) is 6.71 Å². The minimum absolute atomic E-state index is 0.338. The van der Waals surface area contributed by atoms with Crippen molar-refractivity contribution in [3.05, 3.63) is 236 Å². The van der Waals surface area contributed by atoms with E-state index in [0.29, 0.717) is 22.6 Å². The van der Waals surface area contributed by atoms with Gasteiger partial charge in [0.2, 0.25) is 0 Å².